The molecule has 0 atom stereocenters. The molecule has 0 radical (unpaired) electrons. The lowest BCUT2D eigenvalue weighted by Gasteiger charge is -2.34. The highest BCUT2D eigenvalue weighted by molar-refractivity contribution is 7.13. The van der Waals surface area contributed by atoms with E-state index in [9.17, 15) is 9.59 Å². The van der Waals surface area contributed by atoms with E-state index >= 15 is 0 Å². The third kappa shape index (κ3) is 4.55. The van der Waals surface area contributed by atoms with Gasteiger partial charge in [-0.25, -0.2) is 4.79 Å². The number of aryl methyl sites for hydroxylation is 2. The Morgan fingerprint density at radius 3 is 2.44 bits per heavy atom. The zero-order valence-electron chi connectivity index (χ0n) is 19.2. The molecule has 1 fully saturated rings. The van der Waals surface area contributed by atoms with Gasteiger partial charge in [-0.2, -0.15) is 4.98 Å². The zero-order valence-corrected chi connectivity index (χ0v) is 20.0. The Kier molecular flexibility index (Phi) is 6.59. The van der Waals surface area contributed by atoms with E-state index in [1.807, 2.05) is 46.7 Å². The van der Waals surface area contributed by atoms with Crippen LogP contribution >= 0.6 is 11.3 Å². The van der Waals surface area contributed by atoms with Crippen molar-refractivity contribution in [3.05, 3.63) is 58.2 Å². The van der Waals surface area contributed by atoms with Gasteiger partial charge in [0.2, 0.25) is 17.6 Å². The lowest BCUT2D eigenvalue weighted by molar-refractivity contribution is -0.133. The number of hydrogen-bond donors (Lipinski definition) is 0. The van der Waals surface area contributed by atoms with Crippen molar-refractivity contribution in [3.8, 4) is 10.7 Å². The summed E-state index contributed by atoms with van der Waals surface area (Å²) in [5, 5.41) is 6.05. The minimum absolute atomic E-state index is 0.0397. The molecular formula is C24H28N6O3S. The molecule has 1 saturated heterocycles. The van der Waals surface area contributed by atoms with Crippen molar-refractivity contribution in [1.82, 2.24) is 29.1 Å². The molecule has 1 amide bonds. The van der Waals surface area contributed by atoms with Gasteiger partial charge in [-0.05, 0) is 30.0 Å². The van der Waals surface area contributed by atoms with Gasteiger partial charge in [0.25, 0.3) is 0 Å². The number of piperazine rings is 1. The van der Waals surface area contributed by atoms with Crippen molar-refractivity contribution in [1.29, 1.82) is 0 Å². The Morgan fingerprint density at radius 1 is 1.03 bits per heavy atom. The number of carbonyl (C=O) groups is 1. The Hall–Kier alpha value is -3.24. The highest BCUT2D eigenvalue weighted by Gasteiger charge is 2.23. The van der Waals surface area contributed by atoms with Crippen LogP contribution in [-0.2, 0) is 24.4 Å². The van der Waals surface area contributed by atoms with Crippen molar-refractivity contribution in [3.63, 3.8) is 0 Å². The summed E-state index contributed by atoms with van der Waals surface area (Å²) in [6.45, 7) is 6.50. The van der Waals surface area contributed by atoms with E-state index < -0.39 is 0 Å². The molecule has 178 valence electrons. The number of imidazole rings is 1. The summed E-state index contributed by atoms with van der Waals surface area (Å²) >= 11 is 1.58. The standard InChI is InChI=1S/C24H28N6O3S/c1-2-10-29-18-6-3-4-7-19(18)30(24(29)32)11-9-22(31)28-14-12-27(13-15-28)17-21-25-23(26-33-21)20-8-5-16-34-20/h3-8,16H,2,9-15,17H2,1H3. The summed E-state index contributed by atoms with van der Waals surface area (Å²) in [6, 6.07) is 11.7. The number of benzene rings is 1. The molecule has 1 aromatic carbocycles. The molecule has 0 N–H and O–H groups in total. The minimum Gasteiger partial charge on any atom is -0.340 e. The number of amides is 1. The minimum atomic E-state index is -0.0397. The Morgan fingerprint density at radius 2 is 1.76 bits per heavy atom. The number of para-hydroxylation sites is 2. The van der Waals surface area contributed by atoms with E-state index in [-0.39, 0.29) is 11.6 Å². The van der Waals surface area contributed by atoms with Crippen LogP contribution in [0.2, 0.25) is 0 Å². The van der Waals surface area contributed by atoms with Gasteiger partial charge in [0.1, 0.15) is 0 Å². The molecule has 0 aliphatic carbocycles. The number of thiophene rings is 1. The van der Waals surface area contributed by atoms with Crippen molar-refractivity contribution in [2.45, 2.75) is 39.4 Å². The predicted octanol–water partition coefficient (Wildman–Crippen LogP) is 3.06. The third-order valence-corrected chi connectivity index (χ3v) is 7.08. The van der Waals surface area contributed by atoms with Crippen molar-refractivity contribution in [2.24, 2.45) is 0 Å². The van der Waals surface area contributed by atoms with E-state index in [4.69, 9.17) is 4.52 Å². The molecule has 4 aromatic rings. The van der Waals surface area contributed by atoms with Crippen LogP contribution in [-0.4, -0.2) is 61.2 Å². The van der Waals surface area contributed by atoms with Crippen molar-refractivity contribution in [2.75, 3.05) is 26.2 Å². The molecule has 5 rings (SSSR count). The zero-order chi connectivity index (χ0) is 23.5. The fourth-order valence-electron chi connectivity index (χ4n) is 4.47. The maximum Gasteiger partial charge on any atom is 0.329 e. The lowest BCUT2D eigenvalue weighted by atomic mass is 10.2. The summed E-state index contributed by atoms with van der Waals surface area (Å²) in [5.74, 6) is 1.29. The molecule has 4 heterocycles. The molecule has 3 aromatic heterocycles. The van der Waals surface area contributed by atoms with E-state index in [0.29, 0.717) is 50.9 Å². The van der Waals surface area contributed by atoms with Gasteiger partial charge in [-0.1, -0.05) is 30.3 Å². The van der Waals surface area contributed by atoms with Crippen molar-refractivity contribution < 1.29 is 9.32 Å². The lowest BCUT2D eigenvalue weighted by Crippen LogP contribution is -2.48. The third-order valence-electron chi connectivity index (χ3n) is 6.22. The first kappa shape index (κ1) is 22.5. The van der Waals surface area contributed by atoms with E-state index in [1.54, 1.807) is 20.5 Å². The predicted molar refractivity (Wildman–Crippen MR) is 131 cm³/mol. The largest absolute Gasteiger partial charge is 0.340 e. The second-order valence-corrected chi connectivity index (χ2v) is 9.42. The molecule has 0 unspecified atom stereocenters. The molecule has 0 bridgehead atoms. The monoisotopic (exact) mass is 480 g/mol. The number of rotatable bonds is 8. The Balaban J connectivity index is 1.16. The number of nitrogens with zero attached hydrogens (tertiary/aromatic N) is 6. The van der Waals surface area contributed by atoms with Gasteiger partial charge >= 0.3 is 5.69 Å². The van der Waals surface area contributed by atoms with Crippen molar-refractivity contribution >= 4 is 28.3 Å². The van der Waals surface area contributed by atoms with E-state index in [0.717, 1.165) is 35.4 Å². The fraction of sp³-hybridized carbons (Fsp3) is 0.417. The molecule has 9 nitrogen and oxygen atoms in total. The van der Waals surface area contributed by atoms with Gasteiger partial charge in [0.15, 0.2) is 0 Å². The quantitative estimate of drug-likeness (QED) is 0.385. The Bertz CT molecular complexity index is 1310. The maximum atomic E-state index is 12.9. The summed E-state index contributed by atoms with van der Waals surface area (Å²) in [5.41, 5.74) is 1.78. The molecule has 0 spiro atoms. The van der Waals surface area contributed by atoms with Crippen LogP contribution in [0.15, 0.2) is 51.1 Å². The molecule has 1 aliphatic rings. The second-order valence-electron chi connectivity index (χ2n) is 8.47. The van der Waals surface area contributed by atoms with Crippen LogP contribution in [0.5, 0.6) is 0 Å². The molecule has 34 heavy (non-hydrogen) atoms. The van der Waals surface area contributed by atoms with Crippen LogP contribution in [0.25, 0.3) is 21.7 Å². The van der Waals surface area contributed by atoms with Crippen LogP contribution < -0.4 is 5.69 Å². The van der Waals surface area contributed by atoms with Crippen LogP contribution in [0.1, 0.15) is 25.7 Å². The van der Waals surface area contributed by atoms with Crippen LogP contribution in [0.4, 0.5) is 0 Å². The SMILES string of the molecule is CCCn1c(=O)n(CCC(=O)N2CCN(Cc3nc(-c4cccs4)no3)CC2)c2ccccc21. The first-order valence-corrected chi connectivity index (χ1v) is 12.6. The van der Waals surface area contributed by atoms with Gasteiger partial charge in [-0.15, -0.1) is 11.3 Å². The van der Waals surface area contributed by atoms with E-state index in [2.05, 4.69) is 22.0 Å². The number of carbonyl (C=O) groups excluding carboxylic acids is 1. The van der Waals surface area contributed by atoms with E-state index in [1.165, 1.54) is 0 Å². The average molecular weight is 481 g/mol. The normalized spacial score (nSPS) is 14.8. The van der Waals surface area contributed by atoms with Gasteiger partial charge in [0, 0.05) is 45.7 Å². The molecule has 10 heteroatoms. The highest BCUT2D eigenvalue weighted by atomic mass is 32.1. The molecular weight excluding hydrogens is 452 g/mol. The maximum absolute atomic E-state index is 12.9. The smallest absolute Gasteiger partial charge is 0.329 e. The van der Waals surface area contributed by atoms with Crippen LogP contribution in [0.3, 0.4) is 0 Å². The first-order valence-electron chi connectivity index (χ1n) is 11.7. The number of hydrogen-bond acceptors (Lipinski definition) is 7. The van der Waals surface area contributed by atoms with Gasteiger partial charge in [0.05, 0.1) is 22.5 Å². The highest BCUT2D eigenvalue weighted by Crippen LogP contribution is 2.22. The summed E-state index contributed by atoms with van der Waals surface area (Å²) in [7, 11) is 0. The second kappa shape index (κ2) is 9.94. The molecule has 1 aliphatic heterocycles. The van der Waals surface area contributed by atoms with Gasteiger partial charge < -0.3 is 9.42 Å². The number of fused-ring (bicyclic) bond motifs is 1. The Labute approximate surface area is 201 Å². The summed E-state index contributed by atoms with van der Waals surface area (Å²) in [6.07, 6.45) is 1.20. The summed E-state index contributed by atoms with van der Waals surface area (Å²) in [4.78, 5) is 35.4. The molecule has 0 saturated carbocycles. The topological polar surface area (TPSA) is 89.4 Å². The number of aromatic nitrogens is 4. The average Bonchev–Trinajstić information content (AvgIpc) is 3.60. The van der Waals surface area contributed by atoms with Gasteiger partial charge in [-0.3, -0.25) is 18.8 Å². The van der Waals surface area contributed by atoms with Crippen LogP contribution in [0, 0.1) is 0 Å². The first-order chi connectivity index (χ1) is 16.6. The fourth-order valence-corrected chi connectivity index (χ4v) is 5.11. The summed E-state index contributed by atoms with van der Waals surface area (Å²) < 4.78 is 8.95.